The minimum Gasteiger partial charge on any atom is -0.495 e. The minimum atomic E-state index is -0.0144. The van der Waals surface area contributed by atoms with Crippen molar-refractivity contribution < 1.29 is 14.3 Å². The summed E-state index contributed by atoms with van der Waals surface area (Å²) in [7, 11) is 3.10. The topological polar surface area (TPSA) is 50.8 Å². The molecule has 0 saturated carbocycles. The van der Waals surface area contributed by atoms with Gasteiger partial charge in [0.15, 0.2) is 0 Å². The number of ether oxygens (including phenoxy) is 2. The van der Waals surface area contributed by atoms with Crippen LogP contribution in [-0.4, -0.2) is 38.1 Å². The van der Waals surface area contributed by atoms with Gasteiger partial charge in [0, 0.05) is 24.6 Å². The summed E-state index contributed by atoms with van der Waals surface area (Å²) in [6.45, 7) is 4.90. The molecule has 1 fully saturated rings. The first-order valence-electron chi connectivity index (χ1n) is 9.51. The monoisotopic (exact) mass is 402 g/mol. The van der Waals surface area contributed by atoms with Crippen molar-refractivity contribution in [1.29, 1.82) is 0 Å². The lowest BCUT2D eigenvalue weighted by Crippen LogP contribution is -2.37. The molecule has 1 N–H and O–H groups in total. The van der Waals surface area contributed by atoms with E-state index in [4.69, 9.17) is 21.1 Å². The van der Waals surface area contributed by atoms with Crippen molar-refractivity contribution in [3.8, 4) is 11.5 Å². The van der Waals surface area contributed by atoms with Crippen molar-refractivity contribution in [3.05, 3.63) is 52.5 Å². The lowest BCUT2D eigenvalue weighted by Gasteiger charge is -2.31. The number of benzene rings is 2. The molecule has 0 radical (unpaired) electrons. The number of hydrogen-bond donors (Lipinski definition) is 1. The van der Waals surface area contributed by atoms with Gasteiger partial charge in [0.2, 0.25) is 5.91 Å². The lowest BCUT2D eigenvalue weighted by atomic mass is 9.95. The van der Waals surface area contributed by atoms with E-state index in [1.54, 1.807) is 26.4 Å². The third-order valence-corrected chi connectivity index (χ3v) is 5.64. The molecule has 1 aliphatic rings. The normalized spacial score (nSPS) is 15.3. The number of anilines is 1. The molecule has 0 bridgehead atoms. The van der Waals surface area contributed by atoms with Crippen molar-refractivity contribution >= 4 is 23.2 Å². The van der Waals surface area contributed by atoms with Crippen LogP contribution in [-0.2, 0) is 11.3 Å². The third kappa shape index (κ3) is 4.78. The molecule has 0 aromatic heterocycles. The van der Waals surface area contributed by atoms with Gasteiger partial charge in [-0.2, -0.15) is 0 Å². The number of piperidine rings is 1. The van der Waals surface area contributed by atoms with Crippen LogP contribution >= 0.6 is 11.6 Å². The first-order chi connectivity index (χ1) is 13.5. The van der Waals surface area contributed by atoms with Crippen LogP contribution in [0.25, 0.3) is 0 Å². The number of likely N-dealkylation sites (tertiary alicyclic amines) is 1. The highest BCUT2D eigenvalue weighted by molar-refractivity contribution is 6.32. The fourth-order valence-corrected chi connectivity index (χ4v) is 3.81. The Hall–Kier alpha value is -2.24. The molecule has 0 spiro atoms. The molecule has 6 heteroatoms. The molecule has 1 heterocycles. The standard InChI is InChI=1S/C22H27ClN2O3/c1-15-6-4-5-7-17(15)14-25-10-8-16(9-11-25)22(26)24-19-13-20(27-2)18(23)12-21(19)28-3/h4-7,12-13,16H,8-11,14H2,1-3H3,(H,24,26). The first-order valence-corrected chi connectivity index (χ1v) is 9.89. The summed E-state index contributed by atoms with van der Waals surface area (Å²) in [5.74, 6) is 1.03. The van der Waals surface area contributed by atoms with E-state index in [9.17, 15) is 4.79 Å². The fraction of sp³-hybridized carbons (Fsp3) is 0.409. The van der Waals surface area contributed by atoms with Crippen LogP contribution in [0.3, 0.4) is 0 Å². The molecule has 0 aliphatic carbocycles. The predicted molar refractivity (Wildman–Crippen MR) is 112 cm³/mol. The van der Waals surface area contributed by atoms with E-state index in [1.807, 2.05) is 0 Å². The number of halogens is 1. The van der Waals surface area contributed by atoms with Crippen molar-refractivity contribution in [2.75, 3.05) is 32.6 Å². The van der Waals surface area contributed by atoms with Gasteiger partial charge in [0.05, 0.1) is 24.9 Å². The smallest absolute Gasteiger partial charge is 0.227 e. The Bertz CT molecular complexity index is 833. The molecule has 0 unspecified atom stereocenters. The van der Waals surface area contributed by atoms with Crippen LogP contribution in [0.15, 0.2) is 36.4 Å². The summed E-state index contributed by atoms with van der Waals surface area (Å²) < 4.78 is 10.6. The Balaban J connectivity index is 1.59. The van der Waals surface area contributed by atoms with E-state index in [0.717, 1.165) is 32.5 Å². The van der Waals surface area contributed by atoms with Crippen LogP contribution in [0, 0.1) is 12.8 Å². The second-order valence-electron chi connectivity index (χ2n) is 7.15. The van der Waals surface area contributed by atoms with Gasteiger partial charge >= 0.3 is 0 Å². The average molecular weight is 403 g/mol. The molecule has 1 aliphatic heterocycles. The third-order valence-electron chi connectivity index (χ3n) is 5.35. The lowest BCUT2D eigenvalue weighted by molar-refractivity contribution is -0.121. The number of nitrogens with zero attached hydrogens (tertiary/aromatic N) is 1. The van der Waals surface area contributed by atoms with Crippen LogP contribution in [0.1, 0.15) is 24.0 Å². The second-order valence-corrected chi connectivity index (χ2v) is 7.56. The van der Waals surface area contributed by atoms with E-state index in [-0.39, 0.29) is 11.8 Å². The van der Waals surface area contributed by atoms with Gasteiger partial charge in [-0.25, -0.2) is 0 Å². The molecule has 0 atom stereocenters. The number of nitrogens with one attached hydrogen (secondary N) is 1. The maximum atomic E-state index is 12.8. The number of methoxy groups -OCH3 is 2. The number of amides is 1. The molecule has 2 aromatic rings. The van der Waals surface area contributed by atoms with E-state index in [2.05, 4.69) is 41.4 Å². The van der Waals surface area contributed by atoms with Crippen LogP contribution in [0.4, 0.5) is 5.69 Å². The van der Waals surface area contributed by atoms with Crippen molar-refractivity contribution in [2.24, 2.45) is 5.92 Å². The van der Waals surface area contributed by atoms with E-state index in [1.165, 1.54) is 11.1 Å². The highest BCUT2D eigenvalue weighted by atomic mass is 35.5. The van der Waals surface area contributed by atoms with Gasteiger partial charge in [0.1, 0.15) is 11.5 Å². The molecule has 5 nitrogen and oxygen atoms in total. The Morgan fingerprint density at radius 1 is 1.14 bits per heavy atom. The Morgan fingerprint density at radius 3 is 2.46 bits per heavy atom. The molecule has 28 heavy (non-hydrogen) atoms. The second kappa shape index (κ2) is 9.30. The van der Waals surface area contributed by atoms with Gasteiger partial charge in [-0.1, -0.05) is 35.9 Å². The molecular weight excluding hydrogens is 376 g/mol. The van der Waals surface area contributed by atoms with Gasteiger partial charge in [-0.3, -0.25) is 9.69 Å². The van der Waals surface area contributed by atoms with Crippen LogP contribution in [0.5, 0.6) is 11.5 Å². The number of hydrogen-bond acceptors (Lipinski definition) is 4. The number of rotatable bonds is 6. The zero-order valence-electron chi connectivity index (χ0n) is 16.6. The zero-order chi connectivity index (χ0) is 20.1. The van der Waals surface area contributed by atoms with Gasteiger partial charge < -0.3 is 14.8 Å². The summed E-state index contributed by atoms with van der Waals surface area (Å²) in [5, 5.41) is 3.43. The summed E-state index contributed by atoms with van der Waals surface area (Å²) in [6.07, 6.45) is 1.68. The molecule has 1 amide bonds. The summed E-state index contributed by atoms with van der Waals surface area (Å²) in [4.78, 5) is 15.2. The maximum absolute atomic E-state index is 12.8. The zero-order valence-corrected chi connectivity index (χ0v) is 17.4. The van der Waals surface area contributed by atoms with Crippen molar-refractivity contribution in [3.63, 3.8) is 0 Å². The van der Waals surface area contributed by atoms with Gasteiger partial charge in [-0.15, -0.1) is 0 Å². The predicted octanol–water partition coefficient (Wildman–Crippen LogP) is 4.52. The van der Waals surface area contributed by atoms with Gasteiger partial charge in [0.25, 0.3) is 0 Å². The van der Waals surface area contributed by atoms with E-state index >= 15 is 0 Å². The Morgan fingerprint density at radius 2 is 1.82 bits per heavy atom. The van der Waals surface area contributed by atoms with Crippen LogP contribution in [0.2, 0.25) is 5.02 Å². The number of carbonyl (C=O) groups is 1. The quantitative estimate of drug-likeness (QED) is 0.772. The molecule has 2 aromatic carbocycles. The summed E-state index contributed by atoms with van der Waals surface area (Å²) in [5.41, 5.74) is 3.24. The average Bonchev–Trinajstić information content (AvgIpc) is 2.71. The van der Waals surface area contributed by atoms with Crippen molar-refractivity contribution in [2.45, 2.75) is 26.3 Å². The van der Waals surface area contributed by atoms with Crippen LogP contribution < -0.4 is 14.8 Å². The fourth-order valence-electron chi connectivity index (χ4n) is 3.57. The number of aryl methyl sites for hydroxylation is 1. The summed E-state index contributed by atoms with van der Waals surface area (Å²) in [6, 6.07) is 11.8. The van der Waals surface area contributed by atoms with E-state index < -0.39 is 0 Å². The SMILES string of the molecule is COc1cc(NC(=O)C2CCN(Cc3ccccc3C)CC2)c(OC)cc1Cl. The van der Waals surface area contributed by atoms with Gasteiger partial charge in [-0.05, 0) is 44.0 Å². The highest BCUT2D eigenvalue weighted by Crippen LogP contribution is 2.36. The molecular formula is C22H27ClN2O3. The molecule has 150 valence electrons. The summed E-state index contributed by atoms with van der Waals surface area (Å²) >= 11 is 6.14. The van der Waals surface area contributed by atoms with Crippen molar-refractivity contribution in [1.82, 2.24) is 4.90 Å². The first kappa shape index (κ1) is 20.5. The maximum Gasteiger partial charge on any atom is 0.227 e. The number of carbonyl (C=O) groups excluding carboxylic acids is 1. The molecule has 1 saturated heterocycles. The largest absolute Gasteiger partial charge is 0.495 e. The Kier molecular flexibility index (Phi) is 6.81. The minimum absolute atomic E-state index is 0.0122. The highest BCUT2D eigenvalue weighted by Gasteiger charge is 2.26. The Labute approximate surface area is 171 Å². The van der Waals surface area contributed by atoms with E-state index in [0.29, 0.717) is 22.2 Å². The molecule has 3 rings (SSSR count).